The summed E-state index contributed by atoms with van der Waals surface area (Å²) in [6.45, 7) is 5.37. The minimum Gasteiger partial charge on any atom is -0.321 e. The number of rotatable bonds is 9. The highest BCUT2D eigenvalue weighted by molar-refractivity contribution is 7.88. The van der Waals surface area contributed by atoms with Crippen molar-refractivity contribution in [3.05, 3.63) is 94.6 Å². The van der Waals surface area contributed by atoms with Crippen molar-refractivity contribution < 1.29 is 22.4 Å². The Labute approximate surface area is 195 Å². The third-order valence-electron chi connectivity index (χ3n) is 4.46. The normalized spacial score (nSPS) is 11.1. The van der Waals surface area contributed by atoms with Crippen LogP contribution in [0.4, 0.5) is 15.1 Å². The van der Waals surface area contributed by atoms with E-state index in [-0.39, 0.29) is 23.8 Å². The van der Waals surface area contributed by atoms with Crippen LogP contribution in [0.3, 0.4) is 0 Å². The molecule has 0 fully saturated rings. The van der Waals surface area contributed by atoms with Crippen LogP contribution in [-0.2, 0) is 15.8 Å². The molecule has 2 aromatic carbocycles. The van der Waals surface area contributed by atoms with Crippen molar-refractivity contribution in [3.8, 4) is 0 Å². The number of halogens is 1. The summed E-state index contributed by atoms with van der Waals surface area (Å²) in [7, 11) is -3.47. The lowest BCUT2D eigenvalue weighted by Gasteiger charge is -2.07. The van der Waals surface area contributed by atoms with Gasteiger partial charge in [-0.15, -0.1) is 17.9 Å². The van der Waals surface area contributed by atoms with E-state index in [0.29, 0.717) is 26.7 Å². The number of sulfonamides is 1. The first-order chi connectivity index (χ1) is 15.7. The molecule has 0 aliphatic carbocycles. The van der Waals surface area contributed by atoms with Gasteiger partial charge in [0.25, 0.3) is 11.8 Å². The molecule has 3 rings (SSSR count). The topological polar surface area (TPSA) is 104 Å². The molecule has 0 radical (unpaired) electrons. The Balaban J connectivity index is 1.64. The zero-order valence-corrected chi connectivity index (χ0v) is 19.4. The maximum absolute atomic E-state index is 13.3. The van der Waals surface area contributed by atoms with E-state index in [2.05, 4.69) is 21.9 Å². The van der Waals surface area contributed by atoms with E-state index in [1.54, 1.807) is 37.3 Å². The van der Waals surface area contributed by atoms with Crippen LogP contribution in [0, 0.1) is 12.7 Å². The number of carbonyl (C=O) groups excluding carboxylic acids is 2. The second kappa shape index (κ2) is 10.5. The largest absolute Gasteiger partial charge is 0.321 e. The highest BCUT2D eigenvalue weighted by Gasteiger charge is 2.17. The molecule has 0 spiro atoms. The van der Waals surface area contributed by atoms with Crippen LogP contribution < -0.4 is 15.4 Å². The Kier molecular flexibility index (Phi) is 7.75. The Hall–Kier alpha value is -3.34. The molecule has 0 unspecified atom stereocenters. The fourth-order valence-corrected chi connectivity index (χ4v) is 4.98. The van der Waals surface area contributed by atoms with Crippen LogP contribution in [-0.4, -0.2) is 26.8 Å². The number of nitrogens with one attached hydrogen (secondary N) is 3. The molecule has 2 amide bonds. The minimum atomic E-state index is -3.47. The summed E-state index contributed by atoms with van der Waals surface area (Å²) in [4.78, 5) is 25.4. The number of hydrogen-bond donors (Lipinski definition) is 3. The number of amides is 2. The minimum absolute atomic E-state index is 0.154. The Bertz CT molecular complexity index is 1290. The van der Waals surface area contributed by atoms with Crippen molar-refractivity contribution in [2.24, 2.45) is 0 Å². The fraction of sp³-hybridized carbons (Fsp3) is 0.130. The molecule has 33 heavy (non-hydrogen) atoms. The summed E-state index contributed by atoms with van der Waals surface area (Å²) in [5.74, 6) is -1.54. The molecule has 0 aliphatic heterocycles. The van der Waals surface area contributed by atoms with E-state index in [1.807, 2.05) is 0 Å². The first kappa shape index (κ1) is 24.3. The molecule has 1 aromatic heterocycles. The standard InChI is InChI=1S/C23H22FN3O4S2/c1-3-11-25-33(30,31)14-16-7-9-19(10-8-16)26-23(29)21-15(2)12-20(32-21)27-22(28)17-5-4-6-18(24)13-17/h3-10,12-13,25H,1,11,14H2,2H3,(H,26,29)(H,27,28). The number of aryl methyl sites for hydroxylation is 1. The first-order valence-electron chi connectivity index (χ1n) is 9.83. The van der Waals surface area contributed by atoms with Gasteiger partial charge in [-0.2, -0.15) is 0 Å². The summed E-state index contributed by atoms with van der Waals surface area (Å²) in [6, 6.07) is 13.5. The fourth-order valence-electron chi connectivity index (χ4n) is 2.91. The predicted octanol–water partition coefficient (Wildman–Crippen LogP) is 4.31. The van der Waals surface area contributed by atoms with Gasteiger partial charge in [0.1, 0.15) is 5.82 Å². The molecule has 3 aromatic rings. The molecule has 7 nitrogen and oxygen atoms in total. The third-order valence-corrected chi connectivity index (χ3v) is 6.93. The zero-order chi connectivity index (χ0) is 24.0. The van der Waals surface area contributed by atoms with Gasteiger partial charge in [-0.1, -0.05) is 24.3 Å². The van der Waals surface area contributed by atoms with Crippen molar-refractivity contribution in [1.29, 1.82) is 0 Å². The number of anilines is 2. The van der Waals surface area contributed by atoms with Crippen LogP contribution >= 0.6 is 11.3 Å². The van der Waals surface area contributed by atoms with E-state index in [4.69, 9.17) is 0 Å². The average Bonchev–Trinajstić information content (AvgIpc) is 3.13. The molecule has 3 N–H and O–H groups in total. The van der Waals surface area contributed by atoms with E-state index < -0.39 is 21.7 Å². The van der Waals surface area contributed by atoms with Crippen LogP contribution in [0.5, 0.6) is 0 Å². The van der Waals surface area contributed by atoms with Crippen molar-refractivity contribution in [2.75, 3.05) is 17.2 Å². The number of carbonyl (C=O) groups is 2. The molecule has 10 heteroatoms. The predicted molar refractivity (Wildman–Crippen MR) is 129 cm³/mol. The van der Waals surface area contributed by atoms with Crippen LogP contribution in [0.2, 0.25) is 0 Å². The lowest BCUT2D eigenvalue weighted by Crippen LogP contribution is -2.25. The molecule has 1 heterocycles. The number of benzene rings is 2. The van der Waals surface area contributed by atoms with E-state index in [1.165, 1.54) is 24.3 Å². The van der Waals surface area contributed by atoms with Gasteiger partial charge in [0.15, 0.2) is 0 Å². The molecule has 0 bridgehead atoms. The van der Waals surface area contributed by atoms with Crippen LogP contribution in [0.15, 0.2) is 67.3 Å². The van der Waals surface area contributed by atoms with Gasteiger partial charge in [0.2, 0.25) is 10.0 Å². The molecular formula is C23H22FN3O4S2. The monoisotopic (exact) mass is 487 g/mol. The van der Waals surface area contributed by atoms with Gasteiger partial charge >= 0.3 is 0 Å². The van der Waals surface area contributed by atoms with Gasteiger partial charge in [-0.25, -0.2) is 17.5 Å². The third kappa shape index (κ3) is 6.82. The molecule has 0 aliphatic rings. The van der Waals surface area contributed by atoms with Crippen molar-refractivity contribution in [1.82, 2.24) is 4.72 Å². The van der Waals surface area contributed by atoms with Crippen molar-refractivity contribution in [3.63, 3.8) is 0 Å². The summed E-state index contributed by atoms with van der Waals surface area (Å²) in [5, 5.41) is 5.89. The lowest BCUT2D eigenvalue weighted by molar-refractivity contribution is 0.101. The maximum Gasteiger partial charge on any atom is 0.266 e. The van der Waals surface area contributed by atoms with Gasteiger partial charge in [0.05, 0.1) is 15.6 Å². The summed E-state index contributed by atoms with van der Waals surface area (Å²) < 4.78 is 39.6. The van der Waals surface area contributed by atoms with E-state index >= 15 is 0 Å². The summed E-state index contributed by atoms with van der Waals surface area (Å²) in [5.41, 5.74) is 1.91. The quantitative estimate of drug-likeness (QED) is 0.391. The molecule has 0 atom stereocenters. The Morgan fingerprint density at radius 1 is 1.06 bits per heavy atom. The maximum atomic E-state index is 13.3. The Morgan fingerprint density at radius 2 is 1.79 bits per heavy atom. The highest BCUT2D eigenvalue weighted by atomic mass is 32.2. The van der Waals surface area contributed by atoms with Crippen molar-refractivity contribution >= 4 is 43.9 Å². The van der Waals surface area contributed by atoms with Gasteiger partial charge in [-0.05, 0) is 54.4 Å². The van der Waals surface area contributed by atoms with E-state index in [0.717, 1.165) is 17.4 Å². The highest BCUT2D eigenvalue weighted by Crippen LogP contribution is 2.28. The van der Waals surface area contributed by atoms with Crippen LogP contribution in [0.1, 0.15) is 31.2 Å². The van der Waals surface area contributed by atoms with Crippen molar-refractivity contribution in [2.45, 2.75) is 12.7 Å². The molecule has 0 saturated heterocycles. The summed E-state index contributed by atoms with van der Waals surface area (Å²) >= 11 is 1.10. The smallest absolute Gasteiger partial charge is 0.266 e. The first-order valence-corrected chi connectivity index (χ1v) is 12.3. The average molecular weight is 488 g/mol. The van der Waals surface area contributed by atoms with Gasteiger partial charge < -0.3 is 10.6 Å². The second-order valence-electron chi connectivity index (χ2n) is 7.13. The Morgan fingerprint density at radius 3 is 2.45 bits per heavy atom. The molecule has 172 valence electrons. The zero-order valence-electron chi connectivity index (χ0n) is 17.7. The van der Waals surface area contributed by atoms with Crippen LogP contribution in [0.25, 0.3) is 0 Å². The number of hydrogen-bond acceptors (Lipinski definition) is 5. The van der Waals surface area contributed by atoms with Gasteiger partial charge in [-0.3, -0.25) is 9.59 Å². The lowest BCUT2D eigenvalue weighted by atomic mass is 10.2. The summed E-state index contributed by atoms with van der Waals surface area (Å²) in [6.07, 6.45) is 1.46. The van der Waals surface area contributed by atoms with Gasteiger partial charge in [0, 0.05) is 17.8 Å². The van der Waals surface area contributed by atoms with E-state index in [9.17, 15) is 22.4 Å². The molecule has 0 saturated carbocycles. The SMILES string of the molecule is C=CCNS(=O)(=O)Cc1ccc(NC(=O)c2sc(NC(=O)c3cccc(F)c3)cc2C)cc1. The molecular weight excluding hydrogens is 465 g/mol. The second-order valence-corrected chi connectivity index (χ2v) is 9.99. The number of thiophene rings is 1.